The quantitative estimate of drug-likeness (QED) is 0.740. The van der Waals surface area contributed by atoms with Gasteiger partial charge in [-0.1, -0.05) is 29.8 Å². The summed E-state index contributed by atoms with van der Waals surface area (Å²) in [4.78, 5) is 0. The Bertz CT molecular complexity index is 305. The monoisotopic (exact) mass is 237 g/mol. The number of ether oxygens (including phenoxy) is 2. The van der Waals surface area contributed by atoms with Crippen LogP contribution in [0.25, 0.3) is 0 Å². The summed E-state index contributed by atoms with van der Waals surface area (Å²) in [6.45, 7) is 7.34. The van der Waals surface area contributed by atoms with E-state index in [0.29, 0.717) is 13.2 Å². The molecule has 1 aromatic carbocycles. The van der Waals surface area contributed by atoms with Gasteiger partial charge < -0.3 is 14.8 Å². The molecule has 0 aliphatic rings. The number of rotatable bonds is 7. The minimum atomic E-state index is -0.238. The molecule has 1 atom stereocenters. The molecule has 1 unspecified atom stereocenters. The van der Waals surface area contributed by atoms with Crippen LogP contribution in [-0.4, -0.2) is 26.6 Å². The molecule has 0 spiro atoms. The van der Waals surface area contributed by atoms with Crippen LogP contribution in [0.1, 0.15) is 31.0 Å². The average Bonchev–Trinajstić information content (AvgIpc) is 2.33. The number of aryl methyl sites for hydroxylation is 1. The van der Waals surface area contributed by atoms with Crippen molar-refractivity contribution in [3.63, 3.8) is 0 Å². The summed E-state index contributed by atoms with van der Waals surface area (Å²) in [5, 5.41) is 3.26. The van der Waals surface area contributed by atoms with Crippen LogP contribution < -0.4 is 5.32 Å². The first kappa shape index (κ1) is 14.2. The maximum atomic E-state index is 5.64. The van der Waals surface area contributed by atoms with Crippen molar-refractivity contribution in [3.8, 4) is 0 Å². The predicted molar refractivity (Wildman–Crippen MR) is 70.0 cm³/mol. The first-order valence-electron chi connectivity index (χ1n) is 6.20. The zero-order valence-electron chi connectivity index (χ0n) is 11.2. The zero-order chi connectivity index (χ0) is 12.7. The number of benzene rings is 1. The molecule has 0 aliphatic heterocycles. The van der Waals surface area contributed by atoms with Crippen molar-refractivity contribution in [2.75, 3.05) is 20.3 Å². The van der Waals surface area contributed by atoms with E-state index in [1.165, 1.54) is 11.1 Å². The molecule has 0 saturated carbocycles. The Morgan fingerprint density at radius 1 is 1.06 bits per heavy atom. The SMILES string of the molecule is CCOC(OCC)C(NC)c1ccc(C)cc1. The van der Waals surface area contributed by atoms with E-state index in [0.717, 1.165) is 0 Å². The minimum Gasteiger partial charge on any atom is -0.351 e. The third-order valence-corrected chi connectivity index (χ3v) is 2.68. The van der Waals surface area contributed by atoms with Gasteiger partial charge in [-0.05, 0) is 33.4 Å². The molecule has 1 N–H and O–H groups in total. The number of hydrogen-bond donors (Lipinski definition) is 1. The van der Waals surface area contributed by atoms with Gasteiger partial charge in [0.2, 0.25) is 0 Å². The molecule has 0 amide bonds. The van der Waals surface area contributed by atoms with Crippen LogP contribution in [0.5, 0.6) is 0 Å². The first-order chi connectivity index (χ1) is 8.22. The zero-order valence-corrected chi connectivity index (χ0v) is 11.2. The molecule has 17 heavy (non-hydrogen) atoms. The van der Waals surface area contributed by atoms with Crippen molar-refractivity contribution in [1.82, 2.24) is 5.32 Å². The Balaban J connectivity index is 2.83. The van der Waals surface area contributed by atoms with Gasteiger partial charge in [0, 0.05) is 13.2 Å². The molecule has 0 bridgehead atoms. The lowest BCUT2D eigenvalue weighted by Crippen LogP contribution is -2.34. The maximum absolute atomic E-state index is 5.64. The molecule has 0 aliphatic carbocycles. The Morgan fingerprint density at radius 2 is 1.59 bits per heavy atom. The Hall–Kier alpha value is -0.900. The van der Waals surface area contributed by atoms with Crippen LogP contribution in [0, 0.1) is 6.92 Å². The Kier molecular flexibility index (Phi) is 6.19. The second-order valence-electron chi connectivity index (χ2n) is 3.96. The van der Waals surface area contributed by atoms with Crippen LogP contribution in [0.4, 0.5) is 0 Å². The van der Waals surface area contributed by atoms with Crippen molar-refractivity contribution in [1.29, 1.82) is 0 Å². The van der Waals surface area contributed by atoms with Crippen molar-refractivity contribution >= 4 is 0 Å². The third-order valence-electron chi connectivity index (χ3n) is 2.68. The van der Waals surface area contributed by atoms with E-state index in [1.54, 1.807) is 0 Å². The second-order valence-corrected chi connectivity index (χ2v) is 3.96. The van der Waals surface area contributed by atoms with E-state index >= 15 is 0 Å². The topological polar surface area (TPSA) is 30.5 Å². The van der Waals surface area contributed by atoms with E-state index in [2.05, 4.69) is 36.5 Å². The van der Waals surface area contributed by atoms with Gasteiger partial charge in [-0.25, -0.2) is 0 Å². The summed E-state index contributed by atoms with van der Waals surface area (Å²) >= 11 is 0. The molecule has 0 saturated heterocycles. The summed E-state index contributed by atoms with van der Waals surface area (Å²) in [5.74, 6) is 0. The Labute approximate surface area is 104 Å². The van der Waals surface area contributed by atoms with Gasteiger partial charge >= 0.3 is 0 Å². The van der Waals surface area contributed by atoms with Crippen molar-refractivity contribution in [2.45, 2.75) is 33.1 Å². The standard InChI is InChI=1S/C14H23NO2/c1-5-16-14(17-6-2)13(15-4)12-9-7-11(3)8-10-12/h7-10,13-15H,5-6H2,1-4H3. The molecule has 0 aromatic heterocycles. The second kappa shape index (κ2) is 7.43. The van der Waals surface area contributed by atoms with Gasteiger partial charge in [0.05, 0.1) is 6.04 Å². The fourth-order valence-corrected chi connectivity index (χ4v) is 1.80. The molecule has 0 fully saturated rings. The average molecular weight is 237 g/mol. The lowest BCUT2D eigenvalue weighted by atomic mass is 10.0. The van der Waals surface area contributed by atoms with Crippen LogP contribution in [0.3, 0.4) is 0 Å². The molecule has 1 rings (SSSR count). The molecule has 0 radical (unpaired) electrons. The normalized spacial score (nSPS) is 13.0. The smallest absolute Gasteiger partial charge is 0.176 e. The van der Waals surface area contributed by atoms with E-state index in [4.69, 9.17) is 9.47 Å². The molecule has 0 heterocycles. The molecule has 3 nitrogen and oxygen atoms in total. The molecule has 1 aromatic rings. The van der Waals surface area contributed by atoms with Crippen LogP contribution >= 0.6 is 0 Å². The third kappa shape index (κ3) is 4.11. The van der Waals surface area contributed by atoms with Crippen LogP contribution in [-0.2, 0) is 9.47 Å². The van der Waals surface area contributed by atoms with Gasteiger partial charge in [0.15, 0.2) is 6.29 Å². The Morgan fingerprint density at radius 3 is 2.00 bits per heavy atom. The van der Waals surface area contributed by atoms with Gasteiger partial charge in [0.1, 0.15) is 0 Å². The molecule has 3 heteroatoms. The molecule has 96 valence electrons. The fraction of sp³-hybridized carbons (Fsp3) is 0.571. The summed E-state index contributed by atoms with van der Waals surface area (Å²) in [6.07, 6.45) is -0.238. The largest absolute Gasteiger partial charge is 0.351 e. The number of likely N-dealkylation sites (N-methyl/N-ethyl adjacent to an activating group) is 1. The lowest BCUT2D eigenvalue weighted by molar-refractivity contribution is -0.154. The summed E-state index contributed by atoms with van der Waals surface area (Å²) in [5.41, 5.74) is 2.44. The number of nitrogens with one attached hydrogen (secondary N) is 1. The summed E-state index contributed by atoms with van der Waals surface area (Å²) in [6, 6.07) is 8.50. The van der Waals surface area contributed by atoms with Gasteiger partial charge in [-0.3, -0.25) is 0 Å². The van der Waals surface area contributed by atoms with E-state index in [9.17, 15) is 0 Å². The maximum Gasteiger partial charge on any atom is 0.176 e. The minimum absolute atomic E-state index is 0.0653. The van der Waals surface area contributed by atoms with Crippen molar-refractivity contribution in [2.24, 2.45) is 0 Å². The highest BCUT2D eigenvalue weighted by molar-refractivity contribution is 5.24. The van der Waals surface area contributed by atoms with E-state index in [-0.39, 0.29) is 12.3 Å². The van der Waals surface area contributed by atoms with Crippen LogP contribution in [0.15, 0.2) is 24.3 Å². The summed E-state index contributed by atoms with van der Waals surface area (Å²) in [7, 11) is 1.93. The van der Waals surface area contributed by atoms with Gasteiger partial charge in [0.25, 0.3) is 0 Å². The predicted octanol–water partition coefficient (Wildman–Crippen LogP) is 2.65. The van der Waals surface area contributed by atoms with Gasteiger partial charge in [-0.2, -0.15) is 0 Å². The van der Waals surface area contributed by atoms with E-state index in [1.807, 2.05) is 20.9 Å². The van der Waals surface area contributed by atoms with Gasteiger partial charge in [-0.15, -0.1) is 0 Å². The highest BCUT2D eigenvalue weighted by atomic mass is 16.7. The number of hydrogen-bond acceptors (Lipinski definition) is 3. The highest BCUT2D eigenvalue weighted by Crippen LogP contribution is 2.20. The van der Waals surface area contributed by atoms with Crippen LogP contribution in [0.2, 0.25) is 0 Å². The fourth-order valence-electron chi connectivity index (χ4n) is 1.80. The lowest BCUT2D eigenvalue weighted by Gasteiger charge is -2.26. The van der Waals surface area contributed by atoms with E-state index < -0.39 is 0 Å². The van der Waals surface area contributed by atoms with Crippen molar-refractivity contribution < 1.29 is 9.47 Å². The first-order valence-corrected chi connectivity index (χ1v) is 6.20. The molecular formula is C14H23NO2. The highest BCUT2D eigenvalue weighted by Gasteiger charge is 2.22. The van der Waals surface area contributed by atoms with Crippen molar-refractivity contribution in [3.05, 3.63) is 35.4 Å². The summed E-state index contributed by atoms with van der Waals surface area (Å²) < 4.78 is 11.3. The molecular weight excluding hydrogens is 214 g/mol.